The molecular weight excluding hydrogens is 362 g/mol. The van der Waals surface area contributed by atoms with Crippen molar-refractivity contribution in [2.75, 3.05) is 0 Å². The van der Waals surface area contributed by atoms with Gasteiger partial charge in [-0.1, -0.05) is 11.6 Å². The Morgan fingerprint density at radius 2 is 2.11 bits per heavy atom. The van der Waals surface area contributed by atoms with E-state index in [0.717, 1.165) is 11.1 Å². The van der Waals surface area contributed by atoms with E-state index in [-0.39, 0.29) is 5.91 Å². The minimum atomic E-state index is -0.196. The molecule has 0 saturated carbocycles. The lowest BCUT2D eigenvalue weighted by atomic mass is 10.0. The minimum Gasteiger partial charge on any atom is -0.348 e. The van der Waals surface area contributed by atoms with Crippen molar-refractivity contribution in [1.29, 1.82) is 0 Å². The Morgan fingerprint density at radius 3 is 2.85 bits per heavy atom. The van der Waals surface area contributed by atoms with Crippen LogP contribution in [-0.4, -0.2) is 25.7 Å². The second-order valence-corrected chi connectivity index (χ2v) is 6.60. The Morgan fingerprint density at radius 1 is 1.22 bits per heavy atom. The number of carbonyl (C=O) groups excluding carboxylic acids is 1. The molecule has 0 fully saturated rings. The number of halogens is 1. The molecule has 1 amide bonds. The van der Waals surface area contributed by atoms with Crippen LogP contribution in [0.2, 0.25) is 5.02 Å². The lowest BCUT2D eigenvalue weighted by Crippen LogP contribution is -2.23. The molecule has 4 rings (SSSR count). The summed E-state index contributed by atoms with van der Waals surface area (Å²) in [6, 6.07) is 10.9. The van der Waals surface area contributed by atoms with E-state index >= 15 is 0 Å². The van der Waals surface area contributed by atoms with Crippen LogP contribution in [0.1, 0.15) is 15.9 Å². The maximum Gasteiger partial charge on any atom is 0.252 e. The molecule has 0 unspecified atom stereocenters. The van der Waals surface area contributed by atoms with Gasteiger partial charge in [-0.25, -0.2) is 4.98 Å². The summed E-state index contributed by atoms with van der Waals surface area (Å²) in [5.41, 5.74) is 3.67. The molecule has 0 radical (unpaired) electrons. The van der Waals surface area contributed by atoms with Gasteiger partial charge in [0.15, 0.2) is 0 Å². The quantitative estimate of drug-likeness (QED) is 0.589. The van der Waals surface area contributed by atoms with Crippen LogP contribution >= 0.6 is 11.6 Å². The minimum absolute atomic E-state index is 0.196. The number of hydrogen-bond acceptors (Lipinski definition) is 4. The van der Waals surface area contributed by atoms with E-state index in [4.69, 9.17) is 11.6 Å². The van der Waals surface area contributed by atoms with Gasteiger partial charge in [-0.2, -0.15) is 5.10 Å². The van der Waals surface area contributed by atoms with Gasteiger partial charge in [-0.3, -0.25) is 14.5 Å². The third-order valence-electron chi connectivity index (χ3n) is 4.18. The number of nitrogens with zero attached hydrogens (tertiary/aromatic N) is 4. The van der Waals surface area contributed by atoms with Crippen LogP contribution in [0, 0.1) is 0 Å². The molecule has 0 aliphatic carbocycles. The number of benzene rings is 1. The van der Waals surface area contributed by atoms with Crippen LogP contribution in [-0.2, 0) is 13.6 Å². The van der Waals surface area contributed by atoms with Gasteiger partial charge in [0.2, 0.25) is 0 Å². The summed E-state index contributed by atoms with van der Waals surface area (Å²) < 4.78 is 1.70. The fourth-order valence-electron chi connectivity index (χ4n) is 2.89. The molecule has 7 heteroatoms. The zero-order chi connectivity index (χ0) is 18.8. The number of aryl methyl sites for hydroxylation is 1. The van der Waals surface area contributed by atoms with E-state index < -0.39 is 0 Å². The largest absolute Gasteiger partial charge is 0.348 e. The number of pyridine rings is 2. The normalized spacial score (nSPS) is 10.9. The Hall–Kier alpha value is -3.25. The molecule has 0 aliphatic heterocycles. The first-order chi connectivity index (χ1) is 13.1. The third kappa shape index (κ3) is 3.66. The maximum atomic E-state index is 12.9. The molecule has 3 heterocycles. The molecule has 0 bridgehead atoms. The number of nitrogens with one attached hydrogen (secondary N) is 1. The van der Waals surface area contributed by atoms with Crippen LogP contribution in [0.25, 0.3) is 22.2 Å². The second-order valence-electron chi connectivity index (χ2n) is 6.16. The van der Waals surface area contributed by atoms with Crippen molar-refractivity contribution in [3.05, 3.63) is 77.3 Å². The highest BCUT2D eigenvalue weighted by molar-refractivity contribution is 6.31. The van der Waals surface area contributed by atoms with Crippen molar-refractivity contribution in [3.63, 3.8) is 0 Å². The summed E-state index contributed by atoms with van der Waals surface area (Å²) in [5.74, 6) is -0.196. The number of hydrogen-bond donors (Lipinski definition) is 1. The molecular formula is C20H16ClN5O. The Labute approximate surface area is 160 Å². The fourth-order valence-corrected chi connectivity index (χ4v) is 3.06. The first kappa shape index (κ1) is 17.2. The number of carbonyl (C=O) groups is 1. The van der Waals surface area contributed by atoms with E-state index in [1.807, 2.05) is 31.4 Å². The molecule has 0 atom stereocenters. The van der Waals surface area contributed by atoms with Crippen LogP contribution in [0.4, 0.5) is 0 Å². The summed E-state index contributed by atoms with van der Waals surface area (Å²) >= 11 is 6.15. The summed E-state index contributed by atoms with van der Waals surface area (Å²) in [6.07, 6.45) is 7.01. The van der Waals surface area contributed by atoms with E-state index in [9.17, 15) is 4.79 Å². The number of fused-ring (bicyclic) bond motifs is 1. The monoisotopic (exact) mass is 377 g/mol. The van der Waals surface area contributed by atoms with E-state index in [2.05, 4.69) is 20.4 Å². The van der Waals surface area contributed by atoms with Crippen molar-refractivity contribution < 1.29 is 4.79 Å². The topological polar surface area (TPSA) is 72.7 Å². The van der Waals surface area contributed by atoms with Crippen LogP contribution < -0.4 is 5.32 Å². The average Bonchev–Trinajstić information content (AvgIpc) is 3.11. The Kier molecular flexibility index (Phi) is 4.56. The fraction of sp³-hybridized carbons (Fsp3) is 0.100. The molecule has 0 aliphatic rings. The van der Waals surface area contributed by atoms with Gasteiger partial charge in [0.25, 0.3) is 5.91 Å². The Bertz CT molecular complexity index is 1120. The van der Waals surface area contributed by atoms with Crippen molar-refractivity contribution in [2.24, 2.45) is 7.05 Å². The summed E-state index contributed by atoms with van der Waals surface area (Å²) in [6.45, 7) is 0.388. The lowest BCUT2D eigenvalue weighted by Gasteiger charge is -2.10. The summed E-state index contributed by atoms with van der Waals surface area (Å²) in [7, 11) is 1.84. The third-order valence-corrected chi connectivity index (χ3v) is 4.42. The molecule has 3 aromatic heterocycles. The van der Waals surface area contributed by atoms with E-state index in [1.54, 1.807) is 41.5 Å². The molecule has 27 heavy (non-hydrogen) atoms. The Balaban J connectivity index is 1.74. The lowest BCUT2D eigenvalue weighted by molar-refractivity contribution is 0.0952. The molecule has 6 nitrogen and oxygen atoms in total. The van der Waals surface area contributed by atoms with Gasteiger partial charge in [0.05, 0.1) is 23.0 Å². The predicted octanol–water partition coefficient (Wildman–Crippen LogP) is 3.61. The highest BCUT2D eigenvalue weighted by atomic mass is 35.5. The smallest absolute Gasteiger partial charge is 0.252 e. The second kappa shape index (κ2) is 7.17. The first-order valence-electron chi connectivity index (χ1n) is 8.36. The molecule has 0 spiro atoms. The number of amides is 1. The van der Waals surface area contributed by atoms with Crippen molar-refractivity contribution in [2.45, 2.75) is 6.54 Å². The van der Waals surface area contributed by atoms with Gasteiger partial charge in [0.1, 0.15) is 0 Å². The molecule has 4 aromatic rings. The molecule has 134 valence electrons. The zero-order valence-corrected chi connectivity index (χ0v) is 15.3. The molecule has 1 aromatic carbocycles. The van der Waals surface area contributed by atoms with E-state index in [0.29, 0.717) is 33.7 Å². The van der Waals surface area contributed by atoms with Gasteiger partial charge in [-0.15, -0.1) is 0 Å². The zero-order valence-electron chi connectivity index (χ0n) is 14.6. The molecule has 0 saturated heterocycles. The van der Waals surface area contributed by atoms with Crippen LogP contribution in [0.15, 0.2) is 61.2 Å². The number of rotatable bonds is 4. The van der Waals surface area contributed by atoms with Gasteiger partial charge >= 0.3 is 0 Å². The first-order valence-corrected chi connectivity index (χ1v) is 8.74. The highest BCUT2D eigenvalue weighted by Gasteiger charge is 2.15. The van der Waals surface area contributed by atoms with Crippen molar-refractivity contribution in [1.82, 2.24) is 25.1 Å². The van der Waals surface area contributed by atoms with Crippen molar-refractivity contribution >= 4 is 28.4 Å². The van der Waals surface area contributed by atoms with Crippen LogP contribution in [0.5, 0.6) is 0 Å². The summed E-state index contributed by atoms with van der Waals surface area (Å²) in [5, 5.41) is 8.32. The van der Waals surface area contributed by atoms with Crippen LogP contribution in [0.3, 0.4) is 0 Å². The predicted molar refractivity (Wildman–Crippen MR) is 104 cm³/mol. The van der Waals surface area contributed by atoms with E-state index in [1.165, 1.54) is 0 Å². The van der Waals surface area contributed by atoms with Crippen molar-refractivity contribution in [3.8, 4) is 11.3 Å². The van der Waals surface area contributed by atoms with Gasteiger partial charge in [-0.05, 0) is 36.4 Å². The standard InChI is InChI=1S/C20H16ClN5O/c1-26-12-13(10-24-26)9-23-20(27)17-8-19(14-3-2-6-22-11-14)25-18-5-4-15(21)7-16(17)18/h2-8,10-12H,9H2,1H3,(H,23,27). The molecule has 1 N–H and O–H groups in total. The summed E-state index contributed by atoms with van der Waals surface area (Å²) in [4.78, 5) is 21.7. The maximum absolute atomic E-state index is 12.9. The van der Waals surface area contributed by atoms with Gasteiger partial charge < -0.3 is 5.32 Å². The SMILES string of the molecule is Cn1cc(CNC(=O)c2cc(-c3cccnc3)nc3ccc(Cl)cc23)cn1. The highest BCUT2D eigenvalue weighted by Crippen LogP contribution is 2.26. The van der Waals surface area contributed by atoms with Gasteiger partial charge in [0, 0.05) is 53.7 Å². The average molecular weight is 378 g/mol. The number of aromatic nitrogens is 4.